The molecule has 1 atom stereocenters. The first-order chi connectivity index (χ1) is 17.0. The van der Waals surface area contributed by atoms with Crippen LogP contribution in [0.15, 0.2) is 36.4 Å². The van der Waals surface area contributed by atoms with Crippen LogP contribution in [-0.4, -0.2) is 49.5 Å². The van der Waals surface area contributed by atoms with Crippen LogP contribution >= 0.6 is 46.4 Å². The fourth-order valence-electron chi connectivity index (χ4n) is 3.55. The van der Waals surface area contributed by atoms with Crippen LogP contribution in [0.1, 0.15) is 46.1 Å². The second-order valence-electron chi connectivity index (χ2n) is 9.71. The van der Waals surface area contributed by atoms with Crippen molar-refractivity contribution in [3.8, 4) is 0 Å². The van der Waals surface area contributed by atoms with Crippen LogP contribution in [0.5, 0.6) is 0 Å². The Morgan fingerprint density at radius 3 is 2.14 bits per heavy atom. The van der Waals surface area contributed by atoms with Crippen molar-refractivity contribution in [2.75, 3.05) is 17.1 Å². The van der Waals surface area contributed by atoms with Gasteiger partial charge in [0.15, 0.2) is 0 Å². The minimum absolute atomic E-state index is 0.0112. The third kappa shape index (κ3) is 9.52. The number of hydrogen-bond donors (Lipinski definition) is 1. The van der Waals surface area contributed by atoms with Gasteiger partial charge in [0.1, 0.15) is 6.04 Å². The Hall–Kier alpha value is -1.71. The van der Waals surface area contributed by atoms with E-state index in [0.29, 0.717) is 20.6 Å². The van der Waals surface area contributed by atoms with Crippen LogP contribution in [0.25, 0.3) is 0 Å². The zero-order valence-electron chi connectivity index (χ0n) is 21.3. The second kappa shape index (κ2) is 12.9. The maximum atomic E-state index is 13.4. The summed E-state index contributed by atoms with van der Waals surface area (Å²) in [6, 6.07) is 8.64. The van der Waals surface area contributed by atoms with E-state index in [1.165, 1.54) is 17.0 Å². The molecule has 0 aliphatic heterocycles. The summed E-state index contributed by atoms with van der Waals surface area (Å²) < 4.78 is 26.1. The topological polar surface area (TPSA) is 86.8 Å². The molecular formula is C25H31Cl4N3O4S. The molecule has 2 amide bonds. The van der Waals surface area contributed by atoms with Crippen LogP contribution < -0.4 is 9.62 Å². The van der Waals surface area contributed by atoms with Crippen molar-refractivity contribution >= 4 is 73.9 Å². The predicted octanol–water partition coefficient (Wildman–Crippen LogP) is 6.18. The molecule has 2 aromatic carbocycles. The molecule has 12 heteroatoms. The van der Waals surface area contributed by atoms with E-state index in [9.17, 15) is 18.0 Å². The first-order valence-electron chi connectivity index (χ1n) is 11.5. The van der Waals surface area contributed by atoms with Crippen LogP contribution in [-0.2, 0) is 26.2 Å². The molecule has 37 heavy (non-hydrogen) atoms. The van der Waals surface area contributed by atoms with E-state index in [1.54, 1.807) is 31.2 Å². The third-order valence-corrected chi connectivity index (χ3v) is 7.67. The van der Waals surface area contributed by atoms with E-state index in [-0.39, 0.29) is 48.5 Å². The van der Waals surface area contributed by atoms with Gasteiger partial charge < -0.3 is 10.2 Å². The van der Waals surface area contributed by atoms with Gasteiger partial charge in [-0.1, -0.05) is 52.5 Å². The first kappa shape index (κ1) is 31.5. The van der Waals surface area contributed by atoms with Crippen molar-refractivity contribution in [2.24, 2.45) is 0 Å². The number of amides is 2. The highest BCUT2D eigenvalue weighted by molar-refractivity contribution is 7.92. The van der Waals surface area contributed by atoms with Crippen molar-refractivity contribution in [3.63, 3.8) is 0 Å². The van der Waals surface area contributed by atoms with Gasteiger partial charge in [-0.05, 0) is 70.0 Å². The fourth-order valence-corrected chi connectivity index (χ4v) is 5.42. The van der Waals surface area contributed by atoms with Gasteiger partial charge in [-0.2, -0.15) is 0 Å². The Morgan fingerprint density at radius 1 is 0.973 bits per heavy atom. The van der Waals surface area contributed by atoms with Gasteiger partial charge in [0, 0.05) is 40.1 Å². The highest BCUT2D eigenvalue weighted by atomic mass is 35.5. The lowest BCUT2D eigenvalue weighted by molar-refractivity contribution is -0.141. The lowest BCUT2D eigenvalue weighted by atomic mass is 10.1. The van der Waals surface area contributed by atoms with Gasteiger partial charge in [0.25, 0.3) is 0 Å². The normalized spacial score (nSPS) is 12.7. The Bertz CT molecular complexity index is 1250. The summed E-state index contributed by atoms with van der Waals surface area (Å²) in [6.45, 7) is 7.24. The average molecular weight is 611 g/mol. The molecule has 0 aromatic heterocycles. The number of nitrogens with zero attached hydrogens (tertiary/aromatic N) is 2. The number of halogens is 4. The Morgan fingerprint density at radius 2 is 1.57 bits per heavy atom. The maximum absolute atomic E-state index is 13.4. The standard InChI is InChI=1S/C25H31Cl4N3O4S/c1-16(24(34)30-25(2,3)4)31(15-17-8-9-18(26)13-21(17)29)23(33)7-6-12-32(37(5,35)36)22-14-19(27)10-11-20(22)28/h8-11,13-14,16H,6-7,12,15H2,1-5H3,(H,30,34). The van der Waals surface area contributed by atoms with Crippen LogP contribution in [0.3, 0.4) is 0 Å². The predicted molar refractivity (Wildman–Crippen MR) is 152 cm³/mol. The van der Waals surface area contributed by atoms with Crippen LogP contribution in [0.2, 0.25) is 20.1 Å². The molecule has 2 aromatic rings. The van der Waals surface area contributed by atoms with Gasteiger partial charge >= 0.3 is 0 Å². The Labute approximate surface area is 239 Å². The molecule has 0 saturated carbocycles. The summed E-state index contributed by atoms with van der Waals surface area (Å²) >= 11 is 24.6. The average Bonchev–Trinajstić information content (AvgIpc) is 2.75. The summed E-state index contributed by atoms with van der Waals surface area (Å²) in [7, 11) is -3.71. The Balaban J connectivity index is 2.26. The number of benzene rings is 2. The van der Waals surface area contributed by atoms with Gasteiger partial charge in [0.05, 0.1) is 17.0 Å². The minimum Gasteiger partial charge on any atom is -0.350 e. The number of anilines is 1. The fraction of sp³-hybridized carbons (Fsp3) is 0.440. The first-order valence-corrected chi connectivity index (χ1v) is 14.8. The van der Waals surface area contributed by atoms with Crippen molar-refractivity contribution < 1.29 is 18.0 Å². The molecule has 0 radical (unpaired) electrons. The number of rotatable bonds is 10. The number of nitrogens with one attached hydrogen (secondary N) is 1. The van der Waals surface area contributed by atoms with Crippen molar-refractivity contribution in [1.82, 2.24) is 10.2 Å². The van der Waals surface area contributed by atoms with E-state index in [1.807, 2.05) is 20.8 Å². The summed E-state index contributed by atoms with van der Waals surface area (Å²) in [6.07, 6.45) is 1.20. The molecule has 204 valence electrons. The quantitative estimate of drug-likeness (QED) is 0.348. The monoisotopic (exact) mass is 609 g/mol. The highest BCUT2D eigenvalue weighted by Gasteiger charge is 2.29. The zero-order chi connectivity index (χ0) is 28.1. The molecule has 0 saturated heterocycles. The molecule has 0 heterocycles. The zero-order valence-corrected chi connectivity index (χ0v) is 25.2. The number of carbonyl (C=O) groups excluding carboxylic acids is 2. The molecule has 1 N–H and O–H groups in total. The van der Waals surface area contributed by atoms with E-state index in [4.69, 9.17) is 46.4 Å². The number of hydrogen-bond acceptors (Lipinski definition) is 4. The van der Waals surface area contributed by atoms with Gasteiger partial charge in [0.2, 0.25) is 21.8 Å². The summed E-state index contributed by atoms with van der Waals surface area (Å²) in [5, 5.41) is 4.25. The van der Waals surface area contributed by atoms with E-state index >= 15 is 0 Å². The third-order valence-electron chi connectivity index (χ3n) is 5.35. The number of sulfonamides is 1. The second-order valence-corrected chi connectivity index (χ2v) is 13.3. The van der Waals surface area contributed by atoms with E-state index in [2.05, 4.69) is 5.32 Å². The Kier molecular flexibility index (Phi) is 11.0. The molecule has 7 nitrogen and oxygen atoms in total. The van der Waals surface area contributed by atoms with Gasteiger partial charge in [-0.3, -0.25) is 13.9 Å². The summed E-state index contributed by atoms with van der Waals surface area (Å²) in [5.41, 5.74) is 0.356. The lowest BCUT2D eigenvalue weighted by Gasteiger charge is -2.32. The van der Waals surface area contributed by atoms with E-state index in [0.717, 1.165) is 10.6 Å². The van der Waals surface area contributed by atoms with Gasteiger partial charge in [-0.25, -0.2) is 8.42 Å². The maximum Gasteiger partial charge on any atom is 0.242 e. The van der Waals surface area contributed by atoms with Crippen LogP contribution in [0.4, 0.5) is 5.69 Å². The van der Waals surface area contributed by atoms with Gasteiger partial charge in [-0.15, -0.1) is 0 Å². The minimum atomic E-state index is -3.71. The van der Waals surface area contributed by atoms with E-state index < -0.39 is 21.6 Å². The van der Waals surface area contributed by atoms with Crippen molar-refractivity contribution in [1.29, 1.82) is 0 Å². The largest absolute Gasteiger partial charge is 0.350 e. The molecule has 0 spiro atoms. The SMILES string of the molecule is CC(C(=O)NC(C)(C)C)N(Cc1ccc(Cl)cc1Cl)C(=O)CCCN(c1cc(Cl)ccc1Cl)S(C)(=O)=O. The molecular weight excluding hydrogens is 580 g/mol. The molecule has 0 aliphatic carbocycles. The molecule has 2 rings (SSSR count). The number of carbonyl (C=O) groups is 2. The summed E-state index contributed by atoms with van der Waals surface area (Å²) in [5.74, 6) is -0.664. The molecule has 0 aliphatic rings. The molecule has 1 unspecified atom stereocenters. The molecule has 0 bridgehead atoms. The van der Waals surface area contributed by atoms with Crippen molar-refractivity contribution in [2.45, 2.75) is 58.7 Å². The summed E-state index contributed by atoms with van der Waals surface area (Å²) in [4.78, 5) is 27.7. The highest BCUT2D eigenvalue weighted by Crippen LogP contribution is 2.31. The van der Waals surface area contributed by atoms with Crippen molar-refractivity contribution in [3.05, 3.63) is 62.1 Å². The van der Waals surface area contributed by atoms with Crippen LogP contribution in [0, 0.1) is 0 Å². The lowest BCUT2D eigenvalue weighted by Crippen LogP contribution is -2.52. The smallest absolute Gasteiger partial charge is 0.242 e. The molecule has 0 fully saturated rings.